The molecule has 1 atom stereocenters. The largest absolute Gasteiger partial charge is 0.492 e. The van der Waals surface area contributed by atoms with Crippen molar-refractivity contribution in [3.63, 3.8) is 0 Å². The Morgan fingerprint density at radius 2 is 1.94 bits per heavy atom. The Morgan fingerprint density at radius 1 is 1.13 bits per heavy atom. The van der Waals surface area contributed by atoms with Crippen LogP contribution in [0.1, 0.15) is 46.3 Å². The van der Waals surface area contributed by atoms with Crippen LogP contribution in [0.5, 0.6) is 5.75 Å². The standard InChI is InChI=1S/C27H30N2O2/c1-18-14-20-6-4-5-7-23(20)25(15-18)27(11-12-27)28-26(30)24-16-22(9-8-19(24)2)31-17-21-10-13-29(21)3/h4-9,14-16,21H,10-13,17H2,1-3H3,(H,28,30). The zero-order chi connectivity index (χ0) is 21.6. The van der Waals surface area contributed by atoms with Crippen LogP contribution in [-0.2, 0) is 5.54 Å². The van der Waals surface area contributed by atoms with Crippen molar-refractivity contribution < 1.29 is 9.53 Å². The van der Waals surface area contributed by atoms with Crippen molar-refractivity contribution in [3.8, 4) is 5.75 Å². The molecule has 0 bridgehead atoms. The van der Waals surface area contributed by atoms with Gasteiger partial charge >= 0.3 is 0 Å². The second-order valence-corrected chi connectivity index (χ2v) is 9.28. The van der Waals surface area contributed by atoms with E-state index < -0.39 is 0 Å². The smallest absolute Gasteiger partial charge is 0.252 e. The molecule has 3 aromatic carbocycles. The van der Waals surface area contributed by atoms with Crippen LogP contribution in [-0.4, -0.2) is 37.0 Å². The van der Waals surface area contributed by atoms with Gasteiger partial charge in [-0.1, -0.05) is 48.0 Å². The van der Waals surface area contributed by atoms with Crippen molar-refractivity contribution in [2.24, 2.45) is 0 Å². The van der Waals surface area contributed by atoms with Crippen LogP contribution in [0.3, 0.4) is 0 Å². The molecule has 1 aliphatic carbocycles. The molecule has 0 radical (unpaired) electrons. The monoisotopic (exact) mass is 414 g/mol. The summed E-state index contributed by atoms with van der Waals surface area (Å²) in [5, 5.41) is 5.83. The van der Waals surface area contributed by atoms with E-state index in [1.807, 2.05) is 25.1 Å². The highest BCUT2D eigenvalue weighted by Gasteiger charge is 2.47. The zero-order valence-corrected chi connectivity index (χ0v) is 18.6. The van der Waals surface area contributed by atoms with Crippen molar-refractivity contribution in [1.29, 1.82) is 0 Å². The molecule has 4 heteroatoms. The maximum absolute atomic E-state index is 13.4. The number of carbonyl (C=O) groups excluding carboxylic acids is 1. The van der Waals surface area contributed by atoms with Gasteiger partial charge in [0.1, 0.15) is 12.4 Å². The predicted octanol–water partition coefficient (Wildman–Crippen LogP) is 4.96. The average molecular weight is 415 g/mol. The lowest BCUT2D eigenvalue weighted by molar-refractivity contribution is 0.0767. The van der Waals surface area contributed by atoms with Gasteiger partial charge in [0.25, 0.3) is 5.91 Å². The first kappa shape index (κ1) is 20.1. The number of nitrogens with zero attached hydrogens (tertiary/aromatic N) is 1. The van der Waals surface area contributed by atoms with Crippen LogP contribution in [0.15, 0.2) is 54.6 Å². The van der Waals surface area contributed by atoms with Gasteiger partial charge in [0.2, 0.25) is 0 Å². The Labute approximate surface area is 184 Å². The van der Waals surface area contributed by atoms with E-state index in [0.717, 1.165) is 30.7 Å². The molecule has 5 rings (SSSR count). The van der Waals surface area contributed by atoms with Gasteiger partial charge in [-0.15, -0.1) is 0 Å². The molecule has 1 unspecified atom stereocenters. The average Bonchev–Trinajstić information content (AvgIpc) is 3.53. The first-order valence-corrected chi connectivity index (χ1v) is 11.2. The number of benzene rings is 3. The maximum atomic E-state index is 13.4. The fraction of sp³-hybridized carbons (Fsp3) is 0.370. The lowest BCUT2D eigenvalue weighted by Crippen LogP contribution is -2.48. The highest BCUT2D eigenvalue weighted by molar-refractivity contribution is 5.97. The molecule has 1 amide bonds. The molecular formula is C27H30N2O2. The number of nitrogens with one attached hydrogen (secondary N) is 1. The maximum Gasteiger partial charge on any atom is 0.252 e. The van der Waals surface area contributed by atoms with Crippen molar-refractivity contribution in [2.75, 3.05) is 20.2 Å². The molecule has 3 aromatic rings. The Morgan fingerprint density at radius 3 is 2.65 bits per heavy atom. The van der Waals surface area contributed by atoms with Crippen LogP contribution >= 0.6 is 0 Å². The Bertz CT molecular complexity index is 1150. The number of carbonyl (C=O) groups is 1. The lowest BCUT2D eigenvalue weighted by atomic mass is 9.94. The molecule has 1 saturated heterocycles. The Balaban J connectivity index is 1.38. The molecule has 1 heterocycles. The molecule has 160 valence electrons. The van der Waals surface area contributed by atoms with Gasteiger partial charge in [-0.25, -0.2) is 0 Å². The third-order valence-corrected chi connectivity index (χ3v) is 6.96. The normalized spacial score (nSPS) is 19.6. The highest BCUT2D eigenvalue weighted by Crippen LogP contribution is 2.48. The predicted molar refractivity (Wildman–Crippen MR) is 125 cm³/mol. The van der Waals surface area contributed by atoms with Crippen LogP contribution in [0, 0.1) is 13.8 Å². The number of aryl methyl sites for hydroxylation is 2. The summed E-state index contributed by atoms with van der Waals surface area (Å²) in [6, 6.07) is 19.2. The second-order valence-electron chi connectivity index (χ2n) is 9.28. The number of ether oxygens (including phenoxy) is 1. The Hall–Kier alpha value is -2.85. The van der Waals surface area contributed by atoms with E-state index in [1.54, 1.807) is 0 Å². The summed E-state index contributed by atoms with van der Waals surface area (Å²) in [7, 11) is 2.12. The molecule has 4 nitrogen and oxygen atoms in total. The number of likely N-dealkylation sites (tertiary alicyclic amines) is 1. The van der Waals surface area contributed by atoms with Crippen LogP contribution in [0.25, 0.3) is 10.8 Å². The number of hydrogen-bond acceptors (Lipinski definition) is 3. The third-order valence-electron chi connectivity index (χ3n) is 6.96. The van der Waals surface area contributed by atoms with E-state index in [0.29, 0.717) is 18.2 Å². The van der Waals surface area contributed by atoms with Crippen LogP contribution < -0.4 is 10.1 Å². The summed E-state index contributed by atoms with van der Waals surface area (Å²) >= 11 is 0. The van der Waals surface area contributed by atoms with Crippen molar-refractivity contribution >= 4 is 16.7 Å². The van der Waals surface area contributed by atoms with E-state index in [1.165, 1.54) is 28.3 Å². The number of amides is 1. The zero-order valence-electron chi connectivity index (χ0n) is 18.6. The summed E-state index contributed by atoms with van der Waals surface area (Å²) in [6.45, 7) is 5.91. The van der Waals surface area contributed by atoms with Crippen LogP contribution in [0.2, 0.25) is 0 Å². The summed E-state index contributed by atoms with van der Waals surface area (Å²) in [4.78, 5) is 15.6. The van der Waals surface area contributed by atoms with Gasteiger partial charge in [-0.3, -0.25) is 9.69 Å². The van der Waals surface area contributed by atoms with Gasteiger partial charge < -0.3 is 10.1 Å². The number of fused-ring (bicyclic) bond motifs is 1. The van der Waals surface area contributed by atoms with E-state index in [-0.39, 0.29) is 11.4 Å². The van der Waals surface area contributed by atoms with E-state index >= 15 is 0 Å². The molecule has 2 aliphatic rings. The molecule has 0 aromatic heterocycles. The SMILES string of the molecule is Cc1cc(C2(NC(=O)c3cc(OCC4CCN4C)ccc3C)CC2)c2ccccc2c1. The first-order chi connectivity index (χ1) is 14.9. The van der Waals surface area contributed by atoms with Gasteiger partial charge in [-0.2, -0.15) is 0 Å². The van der Waals surface area contributed by atoms with E-state index in [9.17, 15) is 4.79 Å². The molecule has 0 spiro atoms. The summed E-state index contributed by atoms with van der Waals surface area (Å²) in [6.07, 6.45) is 3.10. The fourth-order valence-corrected chi connectivity index (χ4v) is 4.64. The third kappa shape index (κ3) is 3.81. The van der Waals surface area contributed by atoms with Crippen molar-refractivity contribution in [2.45, 2.75) is 44.7 Å². The second kappa shape index (κ2) is 7.69. The summed E-state index contributed by atoms with van der Waals surface area (Å²) in [5.74, 6) is 0.744. The molecule has 1 N–H and O–H groups in total. The van der Waals surface area contributed by atoms with E-state index in [4.69, 9.17) is 4.74 Å². The topological polar surface area (TPSA) is 41.6 Å². The van der Waals surface area contributed by atoms with E-state index in [2.05, 4.69) is 60.6 Å². The van der Waals surface area contributed by atoms with Gasteiger partial charge in [-0.05, 0) is 80.7 Å². The van der Waals surface area contributed by atoms with Crippen molar-refractivity contribution in [1.82, 2.24) is 10.2 Å². The Kier molecular flexibility index (Phi) is 4.98. The molecular weight excluding hydrogens is 384 g/mol. The summed E-state index contributed by atoms with van der Waals surface area (Å²) < 4.78 is 6.01. The lowest BCUT2D eigenvalue weighted by Gasteiger charge is -2.37. The van der Waals surface area contributed by atoms with Gasteiger partial charge in [0.05, 0.1) is 5.54 Å². The van der Waals surface area contributed by atoms with Crippen molar-refractivity contribution in [3.05, 3.63) is 76.9 Å². The number of rotatable bonds is 6. The molecule has 2 fully saturated rings. The highest BCUT2D eigenvalue weighted by atomic mass is 16.5. The molecule has 1 saturated carbocycles. The first-order valence-electron chi connectivity index (χ1n) is 11.2. The minimum Gasteiger partial charge on any atom is -0.492 e. The minimum atomic E-state index is -0.277. The van der Waals surface area contributed by atoms with Gasteiger partial charge in [0, 0.05) is 11.6 Å². The molecule has 31 heavy (non-hydrogen) atoms. The number of likely N-dealkylation sites (N-methyl/N-ethyl adjacent to an activating group) is 1. The fourth-order valence-electron chi connectivity index (χ4n) is 4.64. The number of hydrogen-bond donors (Lipinski definition) is 1. The quantitative estimate of drug-likeness (QED) is 0.620. The molecule has 1 aliphatic heterocycles. The van der Waals surface area contributed by atoms with Gasteiger partial charge in [0.15, 0.2) is 0 Å². The minimum absolute atomic E-state index is 0.0215. The van der Waals surface area contributed by atoms with Crippen LogP contribution in [0.4, 0.5) is 0 Å². The summed E-state index contributed by atoms with van der Waals surface area (Å²) in [5.41, 5.74) is 3.84.